The SMILES string of the molecule is CCNC(C)c1ccc(N(CCO)C2CC2)c(F)c1. The number of nitrogens with zero attached hydrogens (tertiary/aromatic N) is 1. The Labute approximate surface area is 114 Å². The van der Waals surface area contributed by atoms with Crippen molar-refractivity contribution in [1.82, 2.24) is 5.32 Å². The van der Waals surface area contributed by atoms with Crippen LogP contribution in [0.1, 0.15) is 38.3 Å². The van der Waals surface area contributed by atoms with Gasteiger partial charge in [0.15, 0.2) is 0 Å². The van der Waals surface area contributed by atoms with Crippen LogP contribution in [0.25, 0.3) is 0 Å². The molecule has 0 amide bonds. The highest BCUT2D eigenvalue weighted by atomic mass is 19.1. The average Bonchev–Trinajstić information content (AvgIpc) is 3.21. The van der Waals surface area contributed by atoms with Gasteiger partial charge in [0, 0.05) is 18.6 Å². The zero-order chi connectivity index (χ0) is 13.8. The second-order valence-electron chi connectivity index (χ2n) is 5.14. The van der Waals surface area contributed by atoms with Gasteiger partial charge in [0.1, 0.15) is 5.82 Å². The molecule has 2 rings (SSSR count). The minimum absolute atomic E-state index is 0.0610. The highest BCUT2D eigenvalue weighted by Crippen LogP contribution is 2.33. The molecule has 19 heavy (non-hydrogen) atoms. The highest BCUT2D eigenvalue weighted by molar-refractivity contribution is 5.51. The van der Waals surface area contributed by atoms with Gasteiger partial charge in [-0.1, -0.05) is 13.0 Å². The van der Waals surface area contributed by atoms with Crippen molar-refractivity contribution in [3.8, 4) is 0 Å². The summed E-state index contributed by atoms with van der Waals surface area (Å²) in [6.45, 7) is 5.50. The minimum Gasteiger partial charge on any atom is -0.395 e. The molecule has 106 valence electrons. The van der Waals surface area contributed by atoms with Gasteiger partial charge in [0.2, 0.25) is 0 Å². The Bertz CT molecular complexity index is 421. The van der Waals surface area contributed by atoms with Crippen LogP contribution in [0.5, 0.6) is 0 Å². The lowest BCUT2D eigenvalue weighted by atomic mass is 10.1. The smallest absolute Gasteiger partial charge is 0.146 e. The van der Waals surface area contributed by atoms with Gasteiger partial charge in [0.25, 0.3) is 0 Å². The van der Waals surface area contributed by atoms with E-state index in [9.17, 15) is 4.39 Å². The van der Waals surface area contributed by atoms with Crippen LogP contribution in [-0.2, 0) is 0 Å². The van der Waals surface area contributed by atoms with Crippen LogP contribution in [0.3, 0.4) is 0 Å². The molecule has 0 spiro atoms. The maximum absolute atomic E-state index is 14.3. The van der Waals surface area contributed by atoms with E-state index >= 15 is 0 Å². The topological polar surface area (TPSA) is 35.5 Å². The van der Waals surface area contributed by atoms with Crippen LogP contribution in [0, 0.1) is 5.82 Å². The molecule has 1 aromatic rings. The summed E-state index contributed by atoms with van der Waals surface area (Å²) in [6, 6.07) is 5.97. The van der Waals surface area contributed by atoms with E-state index in [2.05, 4.69) is 5.32 Å². The molecule has 1 saturated carbocycles. The molecule has 2 N–H and O–H groups in total. The number of hydrogen-bond donors (Lipinski definition) is 2. The summed E-state index contributed by atoms with van der Waals surface area (Å²) in [5, 5.41) is 12.4. The lowest BCUT2D eigenvalue weighted by molar-refractivity contribution is 0.301. The largest absolute Gasteiger partial charge is 0.395 e. The van der Waals surface area contributed by atoms with E-state index in [0.29, 0.717) is 18.3 Å². The normalized spacial score (nSPS) is 16.4. The van der Waals surface area contributed by atoms with Crippen molar-refractivity contribution in [2.75, 3.05) is 24.6 Å². The summed E-state index contributed by atoms with van der Waals surface area (Å²) in [5.74, 6) is -0.192. The Morgan fingerprint density at radius 2 is 2.21 bits per heavy atom. The first-order valence-corrected chi connectivity index (χ1v) is 7.07. The molecule has 1 atom stereocenters. The van der Waals surface area contributed by atoms with Crippen LogP contribution in [0.2, 0.25) is 0 Å². The predicted molar refractivity (Wildman–Crippen MR) is 75.9 cm³/mol. The molecule has 1 unspecified atom stereocenters. The number of rotatable bonds is 7. The van der Waals surface area contributed by atoms with Crippen LogP contribution in [0.4, 0.5) is 10.1 Å². The molecule has 0 heterocycles. The average molecular weight is 266 g/mol. The third-order valence-electron chi connectivity index (χ3n) is 3.62. The van der Waals surface area contributed by atoms with E-state index in [-0.39, 0.29) is 18.5 Å². The number of aliphatic hydroxyl groups excluding tert-OH is 1. The van der Waals surface area contributed by atoms with Crippen molar-refractivity contribution >= 4 is 5.69 Å². The van der Waals surface area contributed by atoms with Crippen molar-refractivity contribution in [2.24, 2.45) is 0 Å². The first-order valence-electron chi connectivity index (χ1n) is 7.07. The molecule has 0 radical (unpaired) electrons. The van der Waals surface area contributed by atoms with Crippen molar-refractivity contribution in [3.63, 3.8) is 0 Å². The van der Waals surface area contributed by atoms with Gasteiger partial charge in [-0.25, -0.2) is 4.39 Å². The zero-order valence-electron chi connectivity index (χ0n) is 11.7. The zero-order valence-corrected chi connectivity index (χ0v) is 11.7. The van der Waals surface area contributed by atoms with Crippen molar-refractivity contribution < 1.29 is 9.50 Å². The van der Waals surface area contributed by atoms with Gasteiger partial charge < -0.3 is 15.3 Å². The molecule has 0 bridgehead atoms. The number of hydrogen-bond acceptors (Lipinski definition) is 3. The summed E-state index contributed by atoms with van der Waals surface area (Å²) in [6.07, 6.45) is 2.18. The number of anilines is 1. The number of nitrogens with one attached hydrogen (secondary N) is 1. The highest BCUT2D eigenvalue weighted by Gasteiger charge is 2.30. The molecule has 3 nitrogen and oxygen atoms in total. The van der Waals surface area contributed by atoms with Crippen LogP contribution in [-0.4, -0.2) is 30.8 Å². The second kappa shape index (κ2) is 6.35. The van der Waals surface area contributed by atoms with Gasteiger partial charge in [-0.05, 0) is 44.0 Å². The fraction of sp³-hybridized carbons (Fsp3) is 0.600. The lowest BCUT2D eigenvalue weighted by Crippen LogP contribution is -2.29. The Hall–Kier alpha value is -1.13. The van der Waals surface area contributed by atoms with Crippen molar-refractivity contribution in [1.29, 1.82) is 0 Å². The van der Waals surface area contributed by atoms with Gasteiger partial charge in [0.05, 0.1) is 12.3 Å². The maximum Gasteiger partial charge on any atom is 0.146 e. The molecule has 4 heteroatoms. The molecular formula is C15H23FN2O. The minimum atomic E-state index is -0.192. The molecule has 0 aromatic heterocycles. The number of benzene rings is 1. The number of aliphatic hydroxyl groups is 1. The van der Waals surface area contributed by atoms with Crippen LogP contribution < -0.4 is 10.2 Å². The third kappa shape index (κ3) is 3.45. The Balaban J connectivity index is 2.17. The van der Waals surface area contributed by atoms with Gasteiger partial charge in [-0.2, -0.15) is 0 Å². The first-order chi connectivity index (χ1) is 9.17. The van der Waals surface area contributed by atoms with E-state index < -0.39 is 0 Å². The summed E-state index contributed by atoms with van der Waals surface area (Å²) in [7, 11) is 0. The maximum atomic E-state index is 14.3. The summed E-state index contributed by atoms with van der Waals surface area (Å²) >= 11 is 0. The van der Waals surface area contributed by atoms with E-state index in [1.165, 1.54) is 0 Å². The molecular weight excluding hydrogens is 243 g/mol. The Kier molecular flexibility index (Phi) is 4.77. The Morgan fingerprint density at radius 3 is 2.74 bits per heavy atom. The van der Waals surface area contributed by atoms with E-state index in [1.54, 1.807) is 6.07 Å². The molecule has 1 aliphatic carbocycles. The van der Waals surface area contributed by atoms with E-state index in [4.69, 9.17) is 5.11 Å². The molecule has 0 aliphatic heterocycles. The molecule has 1 aromatic carbocycles. The third-order valence-corrected chi connectivity index (χ3v) is 3.62. The van der Waals surface area contributed by atoms with Crippen molar-refractivity contribution in [2.45, 2.75) is 38.8 Å². The fourth-order valence-corrected chi connectivity index (χ4v) is 2.44. The first kappa shape index (κ1) is 14.3. The van der Waals surface area contributed by atoms with Crippen LogP contribution >= 0.6 is 0 Å². The predicted octanol–water partition coefficient (Wildman–Crippen LogP) is 2.46. The monoisotopic (exact) mass is 266 g/mol. The van der Waals surface area contributed by atoms with Crippen LogP contribution in [0.15, 0.2) is 18.2 Å². The summed E-state index contributed by atoms with van der Waals surface area (Å²) in [5.41, 5.74) is 1.58. The quantitative estimate of drug-likeness (QED) is 0.796. The van der Waals surface area contributed by atoms with Gasteiger partial charge in [-0.15, -0.1) is 0 Å². The van der Waals surface area contributed by atoms with Gasteiger partial charge in [-0.3, -0.25) is 0 Å². The standard InChI is InChI=1S/C15H23FN2O/c1-3-17-11(2)12-4-7-15(14(16)10-12)18(8-9-19)13-5-6-13/h4,7,10-11,13,17,19H,3,5-6,8-9H2,1-2H3. The van der Waals surface area contributed by atoms with Crippen molar-refractivity contribution in [3.05, 3.63) is 29.6 Å². The summed E-state index contributed by atoms with van der Waals surface area (Å²) in [4.78, 5) is 1.98. The second-order valence-corrected chi connectivity index (χ2v) is 5.14. The Morgan fingerprint density at radius 1 is 1.47 bits per heavy atom. The lowest BCUT2D eigenvalue weighted by Gasteiger charge is -2.25. The van der Waals surface area contributed by atoms with E-state index in [1.807, 2.05) is 30.9 Å². The molecule has 1 aliphatic rings. The molecule has 0 saturated heterocycles. The molecule has 1 fully saturated rings. The number of halogens is 1. The van der Waals surface area contributed by atoms with Gasteiger partial charge >= 0.3 is 0 Å². The summed E-state index contributed by atoms with van der Waals surface area (Å²) < 4.78 is 14.3. The van der Waals surface area contributed by atoms with E-state index in [0.717, 1.165) is 24.9 Å². The fourth-order valence-electron chi connectivity index (χ4n) is 2.44.